The van der Waals surface area contributed by atoms with E-state index in [0.717, 1.165) is 11.3 Å². The molecule has 0 bridgehead atoms. The molecule has 4 N–H and O–H groups in total. The molecule has 43 heavy (non-hydrogen) atoms. The van der Waals surface area contributed by atoms with Gasteiger partial charge in [0.1, 0.15) is 5.82 Å². The molecule has 10 heteroatoms. The molecule has 0 spiro atoms. The molecule has 2 atom stereocenters. The number of hydrogen-bond acceptors (Lipinski definition) is 4. The molecule has 0 fully saturated rings. The number of nitrogens with zero attached hydrogens (tertiary/aromatic N) is 1. The van der Waals surface area contributed by atoms with E-state index in [4.69, 9.17) is 5.11 Å². The fraction of sp³-hybridized carbons (Fsp3) is 0.273. The summed E-state index contributed by atoms with van der Waals surface area (Å²) in [4.78, 5) is 25.0. The number of carboxylic acid groups (broad SMARTS) is 1. The molecule has 7 nitrogen and oxygen atoms in total. The van der Waals surface area contributed by atoms with Gasteiger partial charge in [0.2, 0.25) is 0 Å². The maximum absolute atomic E-state index is 14.0. The first-order valence-electron chi connectivity index (χ1n) is 13.7. The number of aliphatic hydroxyl groups excluding tert-OH is 2. The normalized spacial score (nSPS) is 12.1. The van der Waals surface area contributed by atoms with Crippen molar-refractivity contribution in [2.45, 2.75) is 57.8 Å². The van der Waals surface area contributed by atoms with E-state index in [0.29, 0.717) is 28.1 Å². The minimum atomic E-state index is -1.18. The van der Waals surface area contributed by atoms with E-state index in [1.54, 1.807) is 12.1 Å². The Morgan fingerprint density at radius 3 is 2.00 bits per heavy atom. The predicted octanol–water partition coefficient (Wildman–Crippen LogP) is 5.55. The molecule has 214 valence electrons. The number of hydrogen-bond donors (Lipinski definition) is 4. The number of halogens is 1. The van der Waals surface area contributed by atoms with Crippen molar-refractivity contribution in [1.29, 1.82) is 0 Å². The van der Waals surface area contributed by atoms with Crippen LogP contribution in [0.4, 0.5) is 10.1 Å². The molecule has 1 amide bonds. The molecular formula is C33H35CaFGaN2O5+5. The van der Waals surface area contributed by atoms with Gasteiger partial charge < -0.3 is 25.2 Å². The Labute approximate surface area is 294 Å². The topological polar surface area (TPSA) is 112 Å². The second kappa shape index (κ2) is 17.2. The number of nitrogens with one attached hydrogen (secondary N) is 1. The average Bonchev–Trinajstić information content (AvgIpc) is 3.28. The van der Waals surface area contributed by atoms with Gasteiger partial charge in [-0.05, 0) is 66.3 Å². The molecule has 3 aromatic carbocycles. The molecular weight excluding hydrogens is 633 g/mol. The van der Waals surface area contributed by atoms with Gasteiger partial charge in [-0.25, -0.2) is 4.39 Å². The van der Waals surface area contributed by atoms with Gasteiger partial charge in [0.05, 0.1) is 29.9 Å². The van der Waals surface area contributed by atoms with Gasteiger partial charge in [-0.15, -0.1) is 0 Å². The van der Waals surface area contributed by atoms with E-state index in [1.807, 2.05) is 79.1 Å². The number of amides is 1. The number of rotatable bonds is 12. The molecule has 0 radical (unpaired) electrons. The fourth-order valence-corrected chi connectivity index (χ4v) is 5.20. The smallest absolute Gasteiger partial charge is 0.481 e. The number of anilines is 1. The van der Waals surface area contributed by atoms with Crippen molar-refractivity contribution in [2.24, 2.45) is 0 Å². The summed E-state index contributed by atoms with van der Waals surface area (Å²) in [6.45, 7) is 4.25. The number of aliphatic hydroxyl groups is 2. The Balaban J connectivity index is 0.00000323. The number of carbonyl (C=O) groups is 2. The number of carboxylic acids is 1. The van der Waals surface area contributed by atoms with E-state index in [-0.39, 0.29) is 94.6 Å². The van der Waals surface area contributed by atoms with Gasteiger partial charge in [-0.3, -0.25) is 9.59 Å². The Morgan fingerprint density at radius 2 is 1.44 bits per heavy atom. The zero-order valence-electron chi connectivity index (χ0n) is 24.4. The molecule has 4 aromatic rings. The maximum Gasteiger partial charge on any atom is 3.00 e. The maximum atomic E-state index is 14.0. The molecule has 1 aromatic heterocycles. The predicted molar refractivity (Wildman–Crippen MR) is 169 cm³/mol. The van der Waals surface area contributed by atoms with Crippen molar-refractivity contribution in [1.82, 2.24) is 4.57 Å². The van der Waals surface area contributed by atoms with Crippen LogP contribution in [0.25, 0.3) is 22.4 Å². The van der Waals surface area contributed by atoms with Crippen LogP contribution in [-0.4, -0.2) is 101 Å². The van der Waals surface area contributed by atoms with Gasteiger partial charge in [-0.2, -0.15) is 0 Å². The average molecular weight is 668 g/mol. The van der Waals surface area contributed by atoms with E-state index in [1.165, 1.54) is 12.1 Å². The first kappa shape index (κ1) is 36.8. The van der Waals surface area contributed by atoms with Crippen LogP contribution in [0.5, 0.6) is 0 Å². The Hall–Kier alpha value is -2.37. The van der Waals surface area contributed by atoms with Crippen LogP contribution in [0.3, 0.4) is 0 Å². The van der Waals surface area contributed by atoms with Crippen molar-refractivity contribution in [3.8, 4) is 22.4 Å². The third-order valence-corrected chi connectivity index (χ3v) is 6.93. The molecule has 0 saturated heterocycles. The van der Waals surface area contributed by atoms with Crippen LogP contribution in [0.2, 0.25) is 0 Å². The molecule has 0 unspecified atom stereocenters. The van der Waals surface area contributed by atoms with E-state index in [2.05, 4.69) is 5.32 Å². The molecule has 0 saturated carbocycles. The second-order valence-electron chi connectivity index (χ2n) is 10.4. The Kier molecular flexibility index (Phi) is 14.7. The zero-order chi connectivity index (χ0) is 29.5. The van der Waals surface area contributed by atoms with Gasteiger partial charge >= 0.3 is 63.5 Å². The zero-order valence-corrected chi connectivity index (χ0v) is 29.0. The fourth-order valence-electron chi connectivity index (χ4n) is 5.20. The van der Waals surface area contributed by atoms with Crippen LogP contribution in [0.1, 0.15) is 55.1 Å². The summed E-state index contributed by atoms with van der Waals surface area (Å²) in [5.41, 5.74) is 4.77. The van der Waals surface area contributed by atoms with Crippen LogP contribution >= 0.6 is 0 Å². The van der Waals surface area contributed by atoms with Crippen molar-refractivity contribution in [2.75, 3.05) is 5.32 Å². The van der Waals surface area contributed by atoms with Crippen LogP contribution in [0, 0.1) is 5.82 Å². The summed E-state index contributed by atoms with van der Waals surface area (Å²) in [5.74, 6) is -1.93. The molecule has 4 rings (SSSR count). The summed E-state index contributed by atoms with van der Waals surface area (Å²) in [6, 6.07) is 24.8. The number of carbonyl (C=O) groups excluding carboxylic acids is 1. The monoisotopic (exact) mass is 667 g/mol. The van der Waals surface area contributed by atoms with E-state index in [9.17, 15) is 24.2 Å². The van der Waals surface area contributed by atoms with Gasteiger partial charge in [-0.1, -0.05) is 62.4 Å². The number of aromatic nitrogens is 1. The summed E-state index contributed by atoms with van der Waals surface area (Å²) in [6.07, 6.45) is -2.51. The first-order chi connectivity index (χ1) is 19.7. The third kappa shape index (κ3) is 9.55. The van der Waals surface area contributed by atoms with Crippen molar-refractivity contribution >= 4 is 75.1 Å². The Morgan fingerprint density at radius 1 is 0.860 bits per heavy atom. The van der Waals surface area contributed by atoms with Crippen LogP contribution in [0.15, 0.2) is 84.9 Å². The number of para-hydroxylation sites is 1. The summed E-state index contributed by atoms with van der Waals surface area (Å²) in [5, 5.41) is 32.8. The molecule has 0 aliphatic heterocycles. The molecule has 0 aliphatic carbocycles. The summed E-state index contributed by atoms with van der Waals surface area (Å²) in [7, 11) is 0. The SMILES string of the molecule is CC(C)c1c(C(=O)Nc2ccccc2)c(-c2ccccc2)c(-c2ccc(F)cc2)n1CC[C@@H](O)C[C@@H](O)CC(=O)O.[Ca+2].[Ga+3]. The molecule has 0 aliphatic rings. The number of benzene rings is 3. The Bertz CT molecular complexity index is 1480. The molecule has 1 heterocycles. The quantitative estimate of drug-likeness (QED) is 0.148. The van der Waals surface area contributed by atoms with Crippen molar-refractivity contribution in [3.05, 3.63) is 102 Å². The number of aliphatic carboxylic acids is 1. The second-order valence-corrected chi connectivity index (χ2v) is 10.4. The standard InChI is InChI=1S/C33H35FN2O5.Ca.Ga/c1-21(2)31-30(33(41)35-25-11-7-4-8-12-25)29(22-9-5-3-6-10-22)32(23-13-15-24(34)16-14-23)36(31)18-17-26(37)19-27(38)20-28(39)40;;/h3-16,21,26-27,37-38H,17-20H2,1-2H3,(H,35,41)(H,39,40);;/q;+2;+3/t26-,27-;;/m1../s1. The largest absolute Gasteiger partial charge is 3.00 e. The van der Waals surface area contributed by atoms with Crippen LogP contribution in [-0.2, 0) is 11.3 Å². The first-order valence-corrected chi connectivity index (χ1v) is 13.7. The van der Waals surface area contributed by atoms with Gasteiger partial charge in [0.25, 0.3) is 5.91 Å². The third-order valence-electron chi connectivity index (χ3n) is 6.93. The van der Waals surface area contributed by atoms with E-state index < -0.39 is 24.6 Å². The van der Waals surface area contributed by atoms with Crippen molar-refractivity contribution in [3.63, 3.8) is 0 Å². The summed E-state index contributed by atoms with van der Waals surface area (Å²) >= 11 is 0. The van der Waals surface area contributed by atoms with Gasteiger partial charge in [0.15, 0.2) is 0 Å². The van der Waals surface area contributed by atoms with Crippen molar-refractivity contribution < 1.29 is 29.3 Å². The van der Waals surface area contributed by atoms with E-state index >= 15 is 0 Å². The minimum absolute atomic E-state index is 0. The van der Waals surface area contributed by atoms with Crippen LogP contribution < -0.4 is 5.32 Å². The summed E-state index contributed by atoms with van der Waals surface area (Å²) < 4.78 is 16.0. The minimum Gasteiger partial charge on any atom is -0.481 e. The van der Waals surface area contributed by atoms with Gasteiger partial charge in [0, 0.05) is 23.5 Å².